The van der Waals surface area contributed by atoms with Crippen LogP contribution in [0.4, 0.5) is 0 Å². The van der Waals surface area contributed by atoms with Gasteiger partial charge in [-0.15, -0.1) is 0 Å². The molecule has 0 atom stereocenters. The minimum atomic E-state index is -3.81. The van der Waals surface area contributed by atoms with Gasteiger partial charge in [0.2, 0.25) is 0 Å². The molecule has 0 unspecified atom stereocenters. The van der Waals surface area contributed by atoms with E-state index in [2.05, 4.69) is 23.6 Å². The molecule has 12 N–H and O–H groups in total. The Labute approximate surface area is 83.3 Å². The zero-order valence-corrected chi connectivity index (χ0v) is 9.32. The van der Waals surface area contributed by atoms with Crippen LogP contribution in [-0.4, -0.2) is 45.8 Å². The van der Waals surface area contributed by atoms with Gasteiger partial charge in [-0.25, -0.2) is 0 Å². The first-order valence-electron chi connectivity index (χ1n) is 1.57. The lowest BCUT2D eigenvalue weighted by Crippen LogP contribution is -1.65. The van der Waals surface area contributed by atoms with Crippen LogP contribution < -0.4 is 0 Å². The van der Waals surface area contributed by atoms with Crippen molar-refractivity contribution in [2.45, 2.75) is 0 Å². The zero-order chi connectivity index (χ0) is 9.00. The third kappa shape index (κ3) is 1750. The molecule has 13 heavy (non-hydrogen) atoms. The molecular formula is H12O9P2S2. The molecule has 0 bridgehead atoms. The molecule has 0 saturated heterocycles. The molecule has 0 aliphatic heterocycles. The molecule has 0 radical (unpaired) electrons. The predicted molar refractivity (Wildman–Crippen MR) is 52.7 cm³/mol. The van der Waals surface area contributed by atoms with Crippen molar-refractivity contribution in [2.75, 3.05) is 0 Å². The Hall–Kier alpha value is 0.940. The molecule has 0 saturated carbocycles. The lowest BCUT2D eigenvalue weighted by molar-refractivity contribution is 0.361. The van der Waals surface area contributed by atoms with E-state index < -0.39 is 13.4 Å². The molecule has 0 heterocycles. The Morgan fingerprint density at radius 1 is 0.538 bits per heavy atom. The van der Waals surface area contributed by atoms with Crippen LogP contribution in [0.3, 0.4) is 0 Å². The quantitative estimate of drug-likeness (QED) is 0.239. The van der Waals surface area contributed by atoms with Gasteiger partial charge in [-0.1, -0.05) is 0 Å². The third-order valence-electron chi connectivity index (χ3n) is 0. The Kier molecular flexibility index (Phi) is 24.8. The maximum absolute atomic E-state index is 7.56. The molecule has 0 aromatic rings. The van der Waals surface area contributed by atoms with E-state index in [1.807, 2.05) is 0 Å². The molecule has 9 nitrogen and oxygen atoms in total. The highest BCUT2D eigenvalue weighted by Crippen LogP contribution is 2.26. The highest BCUT2D eigenvalue weighted by molar-refractivity contribution is 8.06. The smallest absolute Gasteiger partial charge is 0.319 e. The Bertz CT molecular complexity index is 128. The highest BCUT2D eigenvalue weighted by Gasteiger charge is 1.92. The summed E-state index contributed by atoms with van der Waals surface area (Å²) in [6, 6.07) is 0. The van der Waals surface area contributed by atoms with Gasteiger partial charge in [0, 0.05) is 0 Å². The van der Waals surface area contributed by atoms with Crippen LogP contribution in [0.2, 0.25) is 0 Å². The van der Waals surface area contributed by atoms with Crippen molar-refractivity contribution < 1.29 is 45.8 Å². The van der Waals surface area contributed by atoms with Crippen LogP contribution in [0.1, 0.15) is 0 Å². The van der Waals surface area contributed by atoms with Crippen molar-refractivity contribution in [1.29, 1.82) is 0 Å². The van der Waals surface area contributed by atoms with Crippen LogP contribution in [0.25, 0.3) is 0 Å². The maximum atomic E-state index is 7.56. The summed E-state index contributed by atoms with van der Waals surface area (Å²) < 4.78 is 0. The average molecular weight is 282 g/mol. The molecule has 0 amide bonds. The summed E-state index contributed by atoms with van der Waals surface area (Å²) in [4.78, 5) is 45.3. The van der Waals surface area contributed by atoms with E-state index in [0.717, 1.165) is 0 Å². The van der Waals surface area contributed by atoms with Gasteiger partial charge in [0.05, 0.1) is 0 Å². The molecule has 0 spiro atoms. The maximum Gasteiger partial charge on any atom is 0.319 e. The van der Waals surface area contributed by atoms with Gasteiger partial charge in [-0.2, -0.15) is 0 Å². The third-order valence-corrected chi connectivity index (χ3v) is 0. The topological polar surface area (TPSA) is 216 Å². The van der Waals surface area contributed by atoms with Crippen molar-refractivity contribution in [3.63, 3.8) is 0 Å². The lowest BCUT2D eigenvalue weighted by atomic mass is 15.8. The number of rotatable bonds is 0. The van der Waals surface area contributed by atoms with E-state index in [1.54, 1.807) is 0 Å². The average Bonchev–Trinajstić information content (AvgIpc) is 1.12. The van der Waals surface area contributed by atoms with Crippen molar-refractivity contribution >= 4 is 37.1 Å². The van der Waals surface area contributed by atoms with Crippen LogP contribution in [0.5, 0.6) is 0 Å². The van der Waals surface area contributed by atoms with E-state index in [4.69, 9.17) is 29.4 Å². The lowest BCUT2D eigenvalue weighted by Gasteiger charge is -1.88. The van der Waals surface area contributed by atoms with Gasteiger partial charge in [0.15, 0.2) is 0 Å². The second-order valence-electron chi connectivity index (χ2n) is 1.03. The van der Waals surface area contributed by atoms with E-state index in [1.165, 1.54) is 0 Å². The second-order valence-corrected chi connectivity index (χ2v) is 6.02. The molecule has 88 valence electrons. The Morgan fingerprint density at radius 3 is 0.538 bits per heavy atom. The molecule has 13 heteroatoms. The second kappa shape index (κ2) is 11.0. The van der Waals surface area contributed by atoms with Crippen molar-refractivity contribution in [3.05, 3.63) is 0 Å². The molecule has 0 aromatic heterocycles. The molecule has 0 aliphatic rings. The molecule has 0 aliphatic carbocycles. The Balaban J connectivity index is -0.0000000267. The molecule has 0 aromatic carbocycles. The predicted octanol–water partition coefficient (Wildman–Crippen LogP) is -4.10. The summed E-state index contributed by atoms with van der Waals surface area (Å²) in [6.45, 7) is -7.61. The van der Waals surface area contributed by atoms with Crippen LogP contribution >= 0.6 is 13.4 Å². The van der Waals surface area contributed by atoms with Crippen molar-refractivity contribution in [1.82, 2.24) is 0 Å². The first-order valence-corrected chi connectivity index (χ1v) is 6.89. The van der Waals surface area contributed by atoms with E-state index in [0.29, 0.717) is 0 Å². The largest absolute Gasteiger partial charge is 0.412 e. The summed E-state index contributed by atoms with van der Waals surface area (Å²) in [5.41, 5.74) is 0. The number of hydrogen-bond acceptors (Lipinski definition) is 2. The van der Waals surface area contributed by atoms with Crippen LogP contribution in [-0.2, 0) is 23.6 Å². The molecule has 0 rings (SSSR count). The molecule has 0 fully saturated rings. The summed E-state index contributed by atoms with van der Waals surface area (Å²) in [7, 11) is 0. The Morgan fingerprint density at radius 2 is 0.538 bits per heavy atom. The van der Waals surface area contributed by atoms with Crippen LogP contribution in [0, 0.1) is 0 Å². The first-order chi connectivity index (χ1) is 4.00. The summed E-state index contributed by atoms with van der Waals surface area (Å²) in [5.74, 6) is 0. The standard InChI is InChI=1S/2H3O3PS.3H2O/c2*1-4(2,3)5;;;/h2*(H3,1,2,3,5);3*1H2. The molecular weight excluding hydrogens is 270 g/mol. The first kappa shape index (κ1) is 29.2. The monoisotopic (exact) mass is 282 g/mol. The van der Waals surface area contributed by atoms with Gasteiger partial charge >= 0.3 is 13.4 Å². The minimum absolute atomic E-state index is 0. The van der Waals surface area contributed by atoms with Gasteiger partial charge < -0.3 is 45.8 Å². The van der Waals surface area contributed by atoms with Gasteiger partial charge in [0.1, 0.15) is 0 Å². The summed E-state index contributed by atoms with van der Waals surface area (Å²) >= 11 is 7.21. The fraction of sp³-hybridized carbons (Fsp3) is 0. The minimum Gasteiger partial charge on any atom is -0.412 e. The van der Waals surface area contributed by atoms with Crippen molar-refractivity contribution in [2.24, 2.45) is 0 Å². The van der Waals surface area contributed by atoms with Gasteiger partial charge in [-0.3, -0.25) is 0 Å². The summed E-state index contributed by atoms with van der Waals surface area (Å²) in [6.07, 6.45) is 0. The van der Waals surface area contributed by atoms with E-state index >= 15 is 0 Å². The highest BCUT2D eigenvalue weighted by atomic mass is 32.5. The van der Waals surface area contributed by atoms with Gasteiger partial charge in [0.25, 0.3) is 0 Å². The van der Waals surface area contributed by atoms with Crippen LogP contribution in [0.15, 0.2) is 0 Å². The normalized spacial score (nSPS) is 9.08. The fourth-order valence-electron chi connectivity index (χ4n) is 0. The van der Waals surface area contributed by atoms with Gasteiger partial charge in [-0.05, 0) is 23.6 Å². The fourth-order valence-corrected chi connectivity index (χ4v) is 0. The SMILES string of the molecule is O.O.O.OP(O)(O)=S.OP(O)(O)=S. The van der Waals surface area contributed by atoms with E-state index in [-0.39, 0.29) is 16.4 Å². The van der Waals surface area contributed by atoms with E-state index in [9.17, 15) is 0 Å². The zero-order valence-electron chi connectivity index (χ0n) is 5.89. The number of hydrogen-bond donors (Lipinski definition) is 6. The van der Waals surface area contributed by atoms with Crippen molar-refractivity contribution in [3.8, 4) is 0 Å². The summed E-state index contributed by atoms with van der Waals surface area (Å²) in [5, 5.41) is 0.